The van der Waals surface area contributed by atoms with Gasteiger partial charge in [0.15, 0.2) is 0 Å². The number of carbonyl (C=O) groups excluding carboxylic acids is 2. The normalized spacial score (nSPS) is 11.7. The molecule has 0 bridgehead atoms. The number of amides is 2. The van der Waals surface area contributed by atoms with Gasteiger partial charge in [0.05, 0.1) is 0 Å². The zero-order valence-electron chi connectivity index (χ0n) is 20.0. The van der Waals surface area contributed by atoms with Gasteiger partial charge < -0.3 is 10.2 Å². The van der Waals surface area contributed by atoms with Crippen LogP contribution in [0.25, 0.3) is 0 Å². The summed E-state index contributed by atoms with van der Waals surface area (Å²) < 4.78 is 0. The summed E-state index contributed by atoms with van der Waals surface area (Å²) in [5.41, 5.74) is 3.30. The van der Waals surface area contributed by atoms with E-state index < -0.39 is 6.04 Å². The third-order valence-electron chi connectivity index (χ3n) is 5.47. The van der Waals surface area contributed by atoms with Crippen molar-refractivity contribution in [3.05, 3.63) is 108 Å². The molecule has 3 rings (SSSR count). The number of nitrogens with zero attached hydrogens (tertiary/aromatic N) is 1. The smallest absolute Gasteiger partial charge is 0.243 e. The maximum atomic E-state index is 13.5. The SMILES string of the molecule is CC(C)NC(=O)[C@@H](Cc1ccccc1)N(Cc1ccccc1)C(=O)CCSCc1ccccc1. The van der Waals surface area contributed by atoms with Crippen LogP contribution in [0.1, 0.15) is 37.0 Å². The maximum Gasteiger partial charge on any atom is 0.243 e. The highest BCUT2D eigenvalue weighted by Gasteiger charge is 2.30. The molecule has 4 nitrogen and oxygen atoms in total. The van der Waals surface area contributed by atoms with Gasteiger partial charge in [0.25, 0.3) is 0 Å². The Labute approximate surface area is 207 Å². The Morgan fingerprint density at radius 1 is 0.794 bits per heavy atom. The molecule has 3 aromatic carbocycles. The molecule has 34 heavy (non-hydrogen) atoms. The summed E-state index contributed by atoms with van der Waals surface area (Å²) in [5.74, 6) is 1.47. The summed E-state index contributed by atoms with van der Waals surface area (Å²) >= 11 is 1.75. The van der Waals surface area contributed by atoms with Crippen molar-refractivity contribution >= 4 is 23.6 Å². The average Bonchev–Trinajstić information content (AvgIpc) is 2.85. The van der Waals surface area contributed by atoms with Crippen LogP contribution in [0.15, 0.2) is 91.0 Å². The van der Waals surface area contributed by atoms with E-state index in [1.165, 1.54) is 5.56 Å². The first-order valence-corrected chi connectivity index (χ1v) is 13.0. The first-order chi connectivity index (χ1) is 16.5. The topological polar surface area (TPSA) is 49.4 Å². The van der Waals surface area contributed by atoms with Crippen LogP contribution in [0.5, 0.6) is 0 Å². The van der Waals surface area contributed by atoms with E-state index in [0.29, 0.717) is 25.1 Å². The number of benzene rings is 3. The standard InChI is InChI=1S/C29H34N2O2S/c1-23(2)30-29(33)27(20-24-12-6-3-7-13-24)31(21-25-14-8-4-9-15-25)28(32)18-19-34-22-26-16-10-5-11-17-26/h3-17,23,27H,18-22H2,1-2H3,(H,30,33)/t27-/m1/s1. The molecule has 0 aliphatic rings. The number of hydrogen-bond acceptors (Lipinski definition) is 3. The molecule has 3 aromatic rings. The highest BCUT2D eigenvalue weighted by molar-refractivity contribution is 7.98. The van der Waals surface area contributed by atoms with Gasteiger partial charge in [-0.3, -0.25) is 9.59 Å². The van der Waals surface area contributed by atoms with E-state index in [1.54, 1.807) is 16.7 Å². The van der Waals surface area contributed by atoms with Crippen molar-refractivity contribution < 1.29 is 9.59 Å². The van der Waals surface area contributed by atoms with Crippen molar-refractivity contribution in [2.75, 3.05) is 5.75 Å². The van der Waals surface area contributed by atoms with E-state index >= 15 is 0 Å². The molecule has 0 aliphatic carbocycles. The van der Waals surface area contributed by atoms with Crippen LogP contribution in [0.2, 0.25) is 0 Å². The summed E-state index contributed by atoms with van der Waals surface area (Å²) in [6, 6.07) is 29.5. The summed E-state index contributed by atoms with van der Waals surface area (Å²) in [5, 5.41) is 3.03. The van der Waals surface area contributed by atoms with Gasteiger partial charge in [-0.15, -0.1) is 0 Å². The van der Waals surface area contributed by atoms with Gasteiger partial charge in [-0.25, -0.2) is 0 Å². The number of rotatable bonds is 12. The van der Waals surface area contributed by atoms with Gasteiger partial charge in [-0.1, -0.05) is 91.0 Å². The third kappa shape index (κ3) is 8.38. The fourth-order valence-electron chi connectivity index (χ4n) is 3.78. The lowest BCUT2D eigenvalue weighted by atomic mass is 10.0. The molecule has 0 unspecified atom stereocenters. The Morgan fingerprint density at radius 3 is 1.88 bits per heavy atom. The number of thioether (sulfide) groups is 1. The minimum absolute atomic E-state index is 0.000814. The predicted octanol–water partition coefficient (Wildman–Crippen LogP) is 5.47. The molecule has 0 saturated heterocycles. The number of hydrogen-bond donors (Lipinski definition) is 1. The highest BCUT2D eigenvalue weighted by atomic mass is 32.2. The van der Waals surface area contributed by atoms with Crippen molar-refractivity contribution in [1.82, 2.24) is 10.2 Å². The van der Waals surface area contributed by atoms with Gasteiger partial charge in [-0.2, -0.15) is 11.8 Å². The Kier molecular flexibility index (Phi) is 10.2. The van der Waals surface area contributed by atoms with Crippen LogP contribution in [0, 0.1) is 0 Å². The zero-order valence-corrected chi connectivity index (χ0v) is 20.8. The van der Waals surface area contributed by atoms with E-state index in [0.717, 1.165) is 16.9 Å². The molecule has 2 amide bonds. The van der Waals surface area contributed by atoms with Crippen LogP contribution in [-0.2, 0) is 28.3 Å². The predicted molar refractivity (Wildman–Crippen MR) is 141 cm³/mol. The molecule has 1 atom stereocenters. The van der Waals surface area contributed by atoms with Crippen molar-refractivity contribution in [3.63, 3.8) is 0 Å². The van der Waals surface area contributed by atoms with Crippen molar-refractivity contribution in [3.8, 4) is 0 Å². The summed E-state index contributed by atoms with van der Waals surface area (Å²) in [7, 11) is 0. The third-order valence-corrected chi connectivity index (χ3v) is 6.50. The van der Waals surface area contributed by atoms with E-state index in [2.05, 4.69) is 17.4 Å². The molecule has 5 heteroatoms. The van der Waals surface area contributed by atoms with Crippen LogP contribution in [0.3, 0.4) is 0 Å². The van der Waals surface area contributed by atoms with Gasteiger partial charge in [0.1, 0.15) is 6.04 Å². The lowest BCUT2D eigenvalue weighted by Gasteiger charge is -2.32. The molecule has 178 valence electrons. The van der Waals surface area contributed by atoms with Gasteiger partial charge in [-0.05, 0) is 30.5 Å². The second kappa shape index (κ2) is 13.6. The zero-order chi connectivity index (χ0) is 24.2. The molecule has 0 saturated carbocycles. The lowest BCUT2D eigenvalue weighted by Crippen LogP contribution is -2.51. The number of carbonyl (C=O) groups is 2. The molecule has 0 spiro atoms. The van der Waals surface area contributed by atoms with Crippen LogP contribution in [-0.4, -0.2) is 34.6 Å². The minimum Gasteiger partial charge on any atom is -0.352 e. The first kappa shape index (κ1) is 25.6. The fraction of sp³-hybridized carbons (Fsp3) is 0.310. The summed E-state index contributed by atoms with van der Waals surface area (Å²) in [6.07, 6.45) is 0.875. The van der Waals surface area contributed by atoms with Crippen molar-refractivity contribution in [2.45, 2.75) is 51.1 Å². The van der Waals surface area contributed by atoms with E-state index in [1.807, 2.05) is 92.7 Å². The Morgan fingerprint density at radius 2 is 1.32 bits per heavy atom. The Balaban J connectivity index is 1.76. The largest absolute Gasteiger partial charge is 0.352 e. The molecule has 0 fully saturated rings. The van der Waals surface area contributed by atoms with Gasteiger partial charge in [0, 0.05) is 36.9 Å². The number of nitrogens with one attached hydrogen (secondary N) is 1. The van der Waals surface area contributed by atoms with Crippen LogP contribution >= 0.6 is 11.8 Å². The Bertz CT molecular complexity index is 1010. The minimum atomic E-state index is -0.573. The van der Waals surface area contributed by atoms with Crippen molar-refractivity contribution in [1.29, 1.82) is 0 Å². The average molecular weight is 475 g/mol. The van der Waals surface area contributed by atoms with Crippen LogP contribution < -0.4 is 5.32 Å². The molecule has 0 aromatic heterocycles. The Hall–Kier alpha value is -3.05. The summed E-state index contributed by atoms with van der Waals surface area (Å²) in [6.45, 7) is 4.30. The second-order valence-corrected chi connectivity index (χ2v) is 9.77. The molecule has 1 N–H and O–H groups in total. The second-order valence-electron chi connectivity index (χ2n) is 8.66. The molecular weight excluding hydrogens is 440 g/mol. The quantitative estimate of drug-likeness (QED) is 0.354. The summed E-state index contributed by atoms with van der Waals surface area (Å²) in [4.78, 5) is 28.6. The maximum absolute atomic E-state index is 13.5. The van der Waals surface area contributed by atoms with Crippen molar-refractivity contribution in [2.24, 2.45) is 0 Å². The monoisotopic (exact) mass is 474 g/mol. The lowest BCUT2D eigenvalue weighted by molar-refractivity contribution is -0.141. The highest BCUT2D eigenvalue weighted by Crippen LogP contribution is 2.18. The van der Waals surface area contributed by atoms with E-state index in [4.69, 9.17) is 0 Å². The molecule has 0 radical (unpaired) electrons. The van der Waals surface area contributed by atoms with E-state index in [9.17, 15) is 9.59 Å². The fourth-order valence-corrected chi connectivity index (χ4v) is 4.67. The van der Waals surface area contributed by atoms with E-state index in [-0.39, 0.29) is 17.9 Å². The molecule has 0 aliphatic heterocycles. The van der Waals surface area contributed by atoms with Crippen LogP contribution in [0.4, 0.5) is 0 Å². The van der Waals surface area contributed by atoms with Gasteiger partial charge >= 0.3 is 0 Å². The van der Waals surface area contributed by atoms with Gasteiger partial charge in [0.2, 0.25) is 11.8 Å². The molecular formula is C29H34N2O2S. The first-order valence-electron chi connectivity index (χ1n) is 11.8. The molecule has 0 heterocycles.